The normalized spacial score (nSPS) is 17.3. The third-order valence-electron chi connectivity index (χ3n) is 5.43. The second-order valence-corrected chi connectivity index (χ2v) is 9.34. The van der Waals surface area contributed by atoms with Gasteiger partial charge in [-0.3, -0.25) is 4.79 Å². The van der Waals surface area contributed by atoms with Crippen LogP contribution in [0.25, 0.3) is 6.08 Å². The zero-order valence-corrected chi connectivity index (χ0v) is 17.7. The van der Waals surface area contributed by atoms with Crippen molar-refractivity contribution in [3.8, 4) is 0 Å². The number of amides is 1. The monoisotopic (exact) mass is 412 g/mol. The second kappa shape index (κ2) is 9.37. The molecule has 1 aliphatic heterocycles. The molecule has 1 atom stereocenters. The minimum Gasteiger partial charge on any atom is -0.349 e. The molecule has 0 aromatic heterocycles. The van der Waals surface area contributed by atoms with Crippen molar-refractivity contribution in [1.29, 1.82) is 0 Å². The quantitative estimate of drug-likeness (QED) is 0.783. The molecule has 1 saturated heterocycles. The summed E-state index contributed by atoms with van der Waals surface area (Å²) in [6.07, 6.45) is 2.67. The van der Waals surface area contributed by atoms with Crippen LogP contribution in [-0.4, -0.2) is 31.7 Å². The lowest BCUT2D eigenvalue weighted by molar-refractivity contribution is -0.126. The summed E-state index contributed by atoms with van der Waals surface area (Å²) in [5, 5.41) is 4.34. The minimum atomic E-state index is -3.48. The summed E-state index contributed by atoms with van der Waals surface area (Å²) in [6, 6.07) is 17.3. The fraction of sp³-hybridized carbons (Fsp3) is 0.348. The molecule has 0 spiro atoms. The largest absolute Gasteiger partial charge is 0.349 e. The van der Waals surface area contributed by atoms with Crippen LogP contribution in [0.2, 0.25) is 0 Å². The Kier molecular flexibility index (Phi) is 6.87. The van der Waals surface area contributed by atoms with E-state index in [1.165, 1.54) is 9.71 Å². The number of piperidine rings is 1. The van der Waals surface area contributed by atoms with Crippen molar-refractivity contribution < 1.29 is 13.2 Å². The van der Waals surface area contributed by atoms with Gasteiger partial charge >= 0.3 is 0 Å². The molecular weight excluding hydrogens is 384 g/mol. The van der Waals surface area contributed by atoms with Gasteiger partial charge in [0.2, 0.25) is 15.9 Å². The molecule has 2 aromatic carbocycles. The Balaban J connectivity index is 1.55. The highest BCUT2D eigenvalue weighted by Gasteiger charge is 2.30. The third-order valence-corrected chi connectivity index (χ3v) is 7.00. The highest BCUT2D eigenvalue weighted by molar-refractivity contribution is 7.92. The summed E-state index contributed by atoms with van der Waals surface area (Å²) in [4.78, 5) is 12.7. The van der Waals surface area contributed by atoms with Gasteiger partial charge in [0, 0.05) is 24.4 Å². The van der Waals surface area contributed by atoms with Crippen LogP contribution in [0.4, 0.5) is 0 Å². The molecule has 1 fully saturated rings. The van der Waals surface area contributed by atoms with Crippen LogP contribution in [0.3, 0.4) is 0 Å². The molecule has 0 bridgehead atoms. The first kappa shape index (κ1) is 21.3. The summed E-state index contributed by atoms with van der Waals surface area (Å²) < 4.78 is 26.6. The minimum absolute atomic E-state index is 0.00220. The average Bonchev–Trinajstić information content (AvgIpc) is 2.73. The number of nitrogens with one attached hydrogen (secondary N) is 1. The van der Waals surface area contributed by atoms with Crippen molar-refractivity contribution >= 4 is 22.0 Å². The molecule has 29 heavy (non-hydrogen) atoms. The summed E-state index contributed by atoms with van der Waals surface area (Å²) in [7, 11) is -3.48. The molecule has 1 N–H and O–H groups in total. The van der Waals surface area contributed by atoms with E-state index in [1.54, 1.807) is 6.08 Å². The summed E-state index contributed by atoms with van der Waals surface area (Å²) in [5.74, 6) is -0.163. The topological polar surface area (TPSA) is 66.5 Å². The summed E-state index contributed by atoms with van der Waals surface area (Å²) in [6.45, 7) is 4.73. The van der Waals surface area contributed by atoms with Crippen LogP contribution in [0.1, 0.15) is 42.5 Å². The SMILES string of the molecule is Cc1ccccc1C(C)NC(=O)C1CCN(S(=O)(=O)C=Cc2ccccc2)CC1. The number of rotatable bonds is 6. The van der Waals surface area contributed by atoms with E-state index >= 15 is 0 Å². The molecule has 3 rings (SSSR count). The molecule has 1 heterocycles. The van der Waals surface area contributed by atoms with E-state index in [9.17, 15) is 13.2 Å². The fourth-order valence-corrected chi connectivity index (χ4v) is 4.89. The van der Waals surface area contributed by atoms with Crippen LogP contribution in [0.15, 0.2) is 60.0 Å². The van der Waals surface area contributed by atoms with Gasteiger partial charge in [-0.15, -0.1) is 0 Å². The molecule has 2 aromatic rings. The number of carbonyl (C=O) groups excluding carboxylic acids is 1. The van der Waals surface area contributed by atoms with Crippen molar-refractivity contribution in [1.82, 2.24) is 9.62 Å². The Bertz CT molecular complexity index is 963. The Morgan fingerprint density at radius 1 is 1.07 bits per heavy atom. The maximum atomic E-state index is 12.7. The van der Waals surface area contributed by atoms with Crippen molar-refractivity contribution in [2.75, 3.05) is 13.1 Å². The smallest absolute Gasteiger partial charge is 0.236 e. The standard InChI is InChI=1S/C23H28N2O3S/c1-18-8-6-7-11-22(18)19(2)24-23(26)21-12-15-25(16-13-21)29(27,28)17-14-20-9-4-3-5-10-20/h3-11,14,17,19,21H,12-13,15-16H2,1-2H3,(H,24,26). The zero-order chi connectivity index (χ0) is 20.9. The predicted octanol–water partition coefficient (Wildman–Crippen LogP) is 3.88. The second-order valence-electron chi connectivity index (χ2n) is 7.52. The molecule has 154 valence electrons. The Morgan fingerprint density at radius 2 is 1.69 bits per heavy atom. The molecule has 1 amide bonds. The number of carbonyl (C=O) groups is 1. The highest BCUT2D eigenvalue weighted by Crippen LogP contribution is 2.23. The molecule has 0 radical (unpaired) electrons. The Hall–Kier alpha value is -2.44. The number of sulfonamides is 1. The van der Waals surface area contributed by atoms with Crippen LogP contribution in [0.5, 0.6) is 0 Å². The van der Waals surface area contributed by atoms with Crippen LogP contribution in [-0.2, 0) is 14.8 Å². The molecule has 6 heteroatoms. The lowest BCUT2D eigenvalue weighted by Crippen LogP contribution is -2.42. The molecule has 0 aliphatic carbocycles. The van der Waals surface area contributed by atoms with Crippen molar-refractivity contribution in [3.05, 3.63) is 76.7 Å². The van der Waals surface area contributed by atoms with Crippen molar-refractivity contribution in [2.24, 2.45) is 5.92 Å². The molecule has 5 nitrogen and oxygen atoms in total. The van der Waals surface area contributed by atoms with Gasteiger partial charge in [-0.2, -0.15) is 4.31 Å². The summed E-state index contributed by atoms with van der Waals surface area (Å²) >= 11 is 0. The zero-order valence-electron chi connectivity index (χ0n) is 16.9. The molecule has 1 aliphatic rings. The molecule has 1 unspecified atom stereocenters. The number of nitrogens with zero attached hydrogens (tertiary/aromatic N) is 1. The van der Waals surface area contributed by atoms with Gasteiger partial charge in [0.15, 0.2) is 0 Å². The van der Waals surface area contributed by atoms with E-state index in [1.807, 2.05) is 68.4 Å². The van der Waals surface area contributed by atoms with E-state index in [2.05, 4.69) is 5.32 Å². The number of aryl methyl sites for hydroxylation is 1. The van der Waals surface area contributed by atoms with Crippen LogP contribution < -0.4 is 5.32 Å². The van der Waals surface area contributed by atoms with Crippen molar-refractivity contribution in [2.45, 2.75) is 32.7 Å². The van der Waals surface area contributed by atoms with Crippen molar-refractivity contribution in [3.63, 3.8) is 0 Å². The number of hydrogen-bond acceptors (Lipinski definition) is 3. The van der Waals surface area contributed by atoms with E-state index in [-0.39, 0.29) is 17.9 Å². The predicted molar refractivity (Wildman–Crippen MR) is 116 cm³/mol. The summed E-state index contributed by atoms with van der Waals surface area (Å²) in [5.41, 5.74) is 3.09. The van der Waals surface area contributed by atoms with Gasteiger partial charge in [0.05, 0.1) is 6.04 Å². The number of hydrogen-bond donors (Lipinski definition) is 1. The van der Waals surface area contributed by atoms with Gasteiger partial charge in [-0.1, -0.05) is 54.6 Å². The Morgan fingerprint density at radius 3 is 2.34 bits per heavy atom. The maximum absolute atomic E-state index is 12.7. The first-order valence-corrected chi connectivity index (χ1v) is 11.5. The van der Waals surface area contributed by atoms with Crippen LogP contribution >= 0.6 is 0 Å². The highest BCUT2D eigenvalue weighted by atomic mass is 32.2. The first-order valence-electron chi connectivity index (χ1n) is 9.96. The number of benzene rings is 2. The van der Waals surface area contributed by atoms with E-state index < -0.39 is 10.0 Å². The Labute approximate surface area is 173 Å². The van der Waals surface area contributed by atoms with Gasteiger partial charge < -0.3 is 5.32 Å². The first-order chi connectivity index (χ1) is 13.9. The van der Waals surface area contributed by atoms with E-state index in [4.69, 9.17) is 0 Å². The van der Waals surface area contributed by atoms with Gasteiger partial charge in [0.1, 0.15) is 0 Å². The van der Waals surface area contributed by atoms with Gasteiger partial charge in [0.25, 0.3) is 0 Å². The lowest BCUT2D eigenvalue weighted by Gasteiger charge is -2.30. The third kappa shape index (κ3) is 5.55. The maximum Gasteiger partial charge on any atom is 0.236 e. The van der Waals surface area contributed by atoms with Gasteiger partial charge in [-0.05, 0) is 49.5 Å². The molecule has 0 saturated carbocycles. The van der Waals surface area contributed by atoms with Gasteiger partial charge in [-0.25, -0.2) is 8.42 Å². The average molecular weight is 413 g/mol. The fourth-order valence-electron chi connectivity index (χ4n) is 3.67. The van der Waals surface area contributed by atoms with E-state index in [0.29, 0.717) is 25.9 Å². The lowest BCUT2D eigenvalue weighted by atomic mass is 9.96. The van der Waals surface area contributed by atoms with E-state index in [0.717, 1.165) is 16.7 Å². The molecular formula is C23H28N2O3S. The van der Waals surface area contributed by atoms with Crippen LogP contribution in [0, 0.1) is 12.8 Å².